The first-order valence-corrected chi connectivity index (χ1v) is 10.4. The van der Waals surface area contributed by atoms with E-state index in [4.69, 9.17) is 0 Å². The molecule has 130 valence electrons. The summed E-state index contributed by atoms with van der Waals surface area (Å²) in [5, 5.41) is 10.7. The first-order valence-electron chi connectivity index (χ1n) is 9.55. The van der Waals surface area contributed by atoms with Gasteiger partial charge < -0.3 is 4.98 Å². The molecule has 7 rings (SSSR count). The van der Waals surface area contributed by atoms with Crippen LogP contribution in [0.3, 0.4) is 0 Å². The summed E-state index contributed by atoms with van der Waals surface area (Å²) < 4.78 is 2.74. The fourth-order valence-electron chi connectivity index (χ4n) is 4.80. The molecule has 2 heteroatoms. The van der Waals surface area contributed by atoms with Gasteiger partial charge in [0.1, 0.15) is 0 Å². The van der Waals surface area contributed by atoms with Gasteiger partial charge in [-0.1, -0.05) is 72.8 Å². The van der Waals surface area contributed by atoms with Crippen molar-refractivity contribution in [3.63, 3.8) is 0 Å². The van der Waals surface area contributed by atoms with Gasteiger partial charge in [0.2, 0.25) is 0 Å². The molecule has 0 amide bonds. The van der Waals surface area contributed by atoms with Crippen LogP contribution in [0.1, 0.15) is 0 Å². The summed E-state index contributed by atoms with van der Waals surface area (Å²) in [7, 11) is 0. The molecule has 0 saturated carbocycles. The molecule has 0 unspecified atom stereocenters. The van der Waals surface area contributed by atoms with Crippen molar-refractivity contribution in [1.29, 1.82) is 0 Å². The van der Waals surface area contributed by atoms with Crippen LogP contribution in [0.15, 0.2) is 84.9 Å². The van der Waals surface area contributed by atoms with E-state index in [2.05, 4.69) is 89.9 Å². The second kappa shape index (κ2) is 5.12. The molecule has 0 bridgehead atoms. The number of para-hydroxylation sites is 1. The average molecular weight is 373 g/mol. The maximum Gasteiger partial charge on any atom is 0.0559 e. The molecule has 0 fully saturated rings. The second-order valence-corrected chi connectivity index (χ2v) is 8.48. The Morgan fingerprint density at radius 3 is 2.21 bits per heavy atom. The van der Waals surface area contributed by atoms with E-state index in [1.807, 2.05) is 11.3 Å². The van der Waals surface area contributed by atoms with Crippen LogP contribution in [0.25, 0.3) is 63.5 Å². The Morgan fingerprint density at radius 1 is 0.536 bits per heavy atom. The summed E-state index contributed by atoms with van der Waals surface area (Å²) in [5.41, 5.74) is 2.46. The van der Waals surface area contributed by atoms with Crippen LogP contribution in [0.4, 0.5) is 0 Å². The number of aromatic amines is 1. The molecule has 0 radical (unpaired) electrons. The first-order chi connectivity index (χ1) is 13.9. The van der Waals surface area contributed by atoms with E-state index in [1.165, 1.54) is 63.5 Å². The molecule has 2 heterocycles. The third-order valence-electron chi connectivity index (χ3n) is 5.98. The highest BCUT2D eigenvalue weighted by atomic mass is 32.1. The fourth-order valence-corrected chi connectivity index (χ4v) is 6.07. The van der Waals surface area contributed by atoms with Crippen molar-refractivity contribution in [2.75, 3.05) is 0 Å². The quantitative estimate of drug-likeness (QED) is 0.259. The number of fused-ring (bicyclic) bond motifs is 12. The van der Waals surface area contributed by atoms with E-state index < -0.39 is 0 Å². The Kier molecular flexibility index (Phi) is 2.68. The number of aromatic nitrogens is 1. The van der Waals surface area contributed by atoms with Crippen LogP contribution in [-0.4, -0.2) is 4.98 Å². The molecule has 0 aliphatic carbocycles. The largest absolute Gasteiger partial charge is 0.354 e. The van der Waals surface area contributed by atoms with Crippen molar-refractivity contribution in [3.8, 4) is 0 Å². The van der Waals surface area contributed by atoms with Gasteiger partial charge in [-0.25, -0.2) is 0 Å². The van der Waals surface area contributed by atoms with Gasteiger partial charge in [0.05, 0.1) is 5.52 Å². The minimum absolute atomic E-state index is 1.21. The Balaban J connectivity index is 1.95. The summed E-state index contributed by atoms with van der Waals surface area (Å²) in [4.78, 5) is 3.73. The monoisotopic (exact) mass is 373 g/mol. The van der Waals surface area contributed by atoms with Crippen LogP contribution in [0.5, 0.6) is 0 Å². The van der Waals surface area contributed by atoms with E-state index in [-0.39, 0.29) is 0 Å². The third-order valence-corrected chi connectivity index (χ3v) is 7.17. The summed E-state index contributed by atoms with van der Waals surface area (Å²) in [6, 6.07) is 30.8. The maximum atomic E-state index is 3.73. The zero-order valence-electron chi connectivity index (χ0n) is 15.0. The Bertz CT molecular complexity index is 1720. The van der Waals surface area contributed by atoms with Crippen molar-refractivity contribution in [3.05, 3.63) is 84.9 Å². The fraction of sp³-hybridized carbons (Fsp3) is 0. The molecule has 7 aromatic rings. The van der Waals surface area contributed by atoms with E-state index in [0.29, 0.717) is 0 Å². The SMILES string of the molecule is c1ccc2c(c1)ccc1c3[nH]c4ccccc4c3c3sc4ccccc4c3c21. The predicted octanol–water partition coefficient (Wildman–Crippen LogP) is 8.00. The van der Waals surface area contributed by atoms with Crippen LogP contribution in [0.2, 0.25) is 0 Å². The molecular weight excluding hydrogens is 358 g/mol. The Labute approximate surface area is 164 Å². The normalized spacial score (nSPS) is 12.3. The first kappa shape index (κ1) is 14.7. The molecular formula is C26H15NS. The Hall–Kier alpha value is -3.36. The summed E-state index contributed by atoms with van der Waals surface area (Å²) in [6.45, 7) is 0. The standard InChI is InChI=1S/C26H15NS/c1-2-8-16-15(7-1)13-14-19-22(16)23-18-10-4-6-12-21(18)28-26(23)24-17-9-3-5-11-20(17)27-25(19)24/h1-14,27H. The zero-order chi connectivity index (χ0) is 18.2. The molecule has 0 atom stereocenters. The molecule has 0 aliphatic heterocycles. The number of H-pyrrole nitrogens is 1. The highest BCUT2D eigenvalue weighted by Gasteiger charge is 2.18. The molecule has 1 nitrogen and oxygen atoms in total. The van der Waals surface area contributed by atoms with Crippen molar-refractivity contribution in [1.82, 2.24) is 4.98 Å². The molecule has 0 spiro atoms. The number of hydrogen-bond donors (Lipinski definition) is 1. The van der Waals surface area contributed by atoms with E-state index in [9.17, 15) is 0 Å². The number of hydrogen-bond acceptors (Lipinski definition) is 1. The maximum absolute atomic E-state index is 3.73. The van der Waals surface area contributed by atoms with Gasteiger partial charge in [-0.15, -0.1) is 11.3 Å². The topological polar surface area (TPSA) is 15.8 Å². The molecule has 5 aromatic carbocycles. The van der Waals surface area contributed by atoms with Gasteiger partial charge in [-0.2, -0.15) is 0 Å². The van der Waals surface area contributed by atoms with Crippen LogP contribution >= 0.6 is 11.3 Å². The number of benzene rings is 5. The number of nitrogens with one attached hydrogen (secondary N) is 1. The lowest BCUT2D eigenvalue weighted by Gasteiger charge is -2.08. The number of thiophene rings is 1. The summed E-state index contributed by atoms with van der Waals surface area (Å²) >= 11 is 1.91. The summed E-state index contributed by atoms with van der Waals surface area (Å²) in [6.07, 6.45) is 0. The highest BCUT2D eigenvalue weighted by Crippen LogP contribution is 2.47. The molecule has 28 heavy (non-hydrogen) atoms. The lowest BCUT2D eigenvalue weighted by Crippen LogP contribution is -1.82. The predicted molar refractivity (Wildman–Crippen MR) is 124 cm³/mol. The smallest absolute Gasteiger partial charge is 0.0559 e. The van der Waals surface area contributed by atoms with E-state index >= 15 is 0 Å². The van der Waals surface area contributed by atoms with Crippen molar-refractivity contribution >= 4 is 74.9 Å². The molecule has 2 aromatic heterocycles. The third kappa shape index (κ3) is 1.71. The lowest BCUT2D eigenvalue weighted by atomic mass is 9.95. The zero-order valence-corrected chi connectivity index (χ0v) is 15.8. The molecule has 1 N–H and O–H groups in total. The highest BCUT2D eigenvalue weighted by molar-refractivity contribution is 7.27. The summed E-state index contributed by atoms with van der Waals surface area (Å²) in [5.74, 6) is 0. The second-order valence-electron chi connectivity index (χ2n) is 7.43. The number of rotatable bonds is 0. The van der Waals surface area contributed by atoms with Gasteiger partial charge in [0.15, 0.2) is 0 Å². The Morgan fingerprint density at radius 2 is 1.29 bits per heavy atom. The van der Waals surface area contributed by atoms with Crippen molar-refractivity contribution < 1.29 is 0 Å². The minimum Gasteiger partial charge on any atom is -0.354 e. The van der Waals surface area contributed by atoms with Gasteiger partial charge in [-0.3, -0.25) is 0 Å². The van der Waals surface area contributed by atoms with Gasteiger partial charge in [-0.05, 0) is 22.9 Å². The van der Waals surface area contributed by atoms with Gasteiger partial charge in [0, 0.05) is 47.2 Å². The van der Waals surface area contributed by atoms with Crippen molar-refractivity contribution in [2.45, 2.75) is 0 Å². The minimum atomic E-state index is 1.21. The van der Waals surface area contributed by atoms with Crippen LogP contribution in [0, 0.1) is 0 Å². The van der Waals surface area contributed by atoms with Crippen LogP contribution < -0.4 is 0 Å². The lowest BCUT2D eigenvalue weighted by molar-refractivity contribution is 1.57. The van der Waals surface area contributed by atoms with Gasteiger partial charge >= 0.3 is 0 Å². The van der Waals surface area contributed by atoms with E-state index in [0.717, 1.165) is 0 Å². The molecule has 0 aliphatic rings. The van der Waals surface area contributed by atoms with Gasteiger partial charge in [0.25, 0.3) is 0 Å². The van der Waals surface area contributed by atoms with Crippen molar-refractivity contribution in [2.24, 2.45) is 0 Å². The average Bonchev–Trinajstić information content (AvgIpc) is 3.32. The molecule has 0 saturated heterocycles. The van der Waals surface area contributed by atoms with E-state index in [1.54, 1.807) is 0 Å². The van der Waals surface area contributed by atoms with Crippen LogP contribution in [-0.2, 0) is 0 Å².